The molecular formula is C23H33NO2. The van der Waals surface area contributed by atoms with Gasteiger partial charge in [-0.25, -0.2) is 0 Å². The monoisotopic (exact) mass is 355 g/mol. The van der Waals surface area contributed by atoms with E-state index in [0.717, 1.165) is 17.6 Å². The molecule has 0 aliphatic carbocycles. The fraction of sp³-hybridized carbons (Fsp3) is 0.435. The summed E-state index contributed by atoms with van der Waals surface area (Å²) in [4.78, 5) is 23.7. The second kappa shape index (κ2) is 13.0. The van der Waals surface area contributed by atoms with Crippen LogP contribution in [0.1, 0.15) is 70.8 Å². The lowest BCUT2D eigenvalue weighted by molar-refractivity contribution is 0.103. The molecule has 0 bridgehead atoms. The van der Waals surface area contributed by atoms with Crippen LogP contribution in [0.15, 0.2) is 64.5 Å². The second-order valence-corrected chi connectivity index (χ2v) is 6.50. The molecule has 26 heavy (non-hydrogen) atoms. The molecule has 0 amide bonds. The Morgan fingerprint density at radius 1 is 1.19 bits per heavy atom. The van der Waals surface area contributed by atoms with E-state index >= 15 is 0 Å². The van der Waals surface area contributed by atoms with Crippen LogP contribution in [0, 0.1) is 10.8 Å². The van der Waals surface area contributed by atoms with E-state index in [-0.39, 0.29) is 11.7 Å². The van der Waals surface area contributed by atoms with Crippen LogP contribution in [0.2, 0.25) is 0 Å². The fourth-order valence-corrected chi connectivity index (χ4v) is 2.33. The maximum atomic E-state index is 12.6. The number of benzene rings is 1. The molecule has 0 aromatic heterocycles. The average molecular weight is 356 g/mol. The molecule has 3 nitrogen and oxygen atoms in total. The quantitative estimate of drug-likeness (QED) is 0.228. The number of carbonyl (C=O) groups excluding carboxylic acids is 1. The molecule has 0 aliphatic rings. The number of aryl methyl sites for hydroxylation is 1. The number of hydrogen-bond acceptors (Lipinski definition) is 3. The third-order valence-electron chi connectivity index (χ3n) is 3.67. The van der Waals surface area contributed by atoms with Crippen molar-refractivity contribution < 1.29 is 4.79 Å². The Kier molecular flexibility index (Phi) is 11.8. The van der Waals surface area contributed by atoms with Gasteiger partial charge < -0.3 is 0 Å². The number of nitroso groups, excluding NO2 is 1. The van der Waals surface area contributed by atoms with Crippen LogP contribution in [0.4, 0.5) is 0 Å². The lowest BCUT2D eigenvalue weighted by Gasteiger charge is -2.10. The van der Waals surface area contributed by atoms with Crippen molar-refractivity contribution in [2.75, 3.05) is 0 Å². The highest BCUT2D eigenvalue weighted by Gasteiger charge is 2.13. The molecule has 0 unspecified atom stereocenters. The topological polar surface area (TPSA) is 46.5 Å². The minimum atomic E-state index is -0.0239. The van der Waals surface area contributed by atoms with Crippen LogP contribution >= 0.6 is 0 Å². The molecule has 0 saturated carbocycles. The van der Waals surface area contributed by atoms with Gasteiger partial charge in [-0.3, -0.25) is 4.79 Å². The largest absolute Gasteiger partial charge is 0.289 e. The number of Topliss-reactive ketones (excluding diaryl/α,β-unsaturated/α-hetero) is 1. The molecular weight excluding hydrogens is 322 g/mol. The third kappa shape index (κ3) is 7.73. The van der Waals surface area contributed by atoms with Gasteiger partial charge in [0.2, 0.25) is 0 Å². The molecule has 0 spiro atoms. The Bertz CT molecular complexity index is 679. The van der Waals surface area contributed by atoms with Crippen molar-refractivity contribution in [2.45, 2.75) is 61.3 Å². The van der Waals surface area contributed by atoms with Gasteiger partial charge in [0, 0.05) is 5.56 Å². The minimum absolute atomic E-state index is 0.0239. The first kappa shape index (κ1) is 23.7. The zero-order valence-electron chi connectivity index (χ0n) is 17.3. The number of rotatable bonds is 7. The number of hydrogen-bond donors (Lipinski definition) is 0. The first-order chi connectivity index (χ1) is 12.4. The van der Waals surface area contributed by atoms with Crippen molar-refractivity contribution in [1.29, 1.82) is 0 Å². The Hall–Kier alpha value is -2.29. The second-order valence-electron chi connectivity index (χ2n) is 6.50. The van der Waals surface area contributed by atoms with Gasteiger partial charge in [0.15, 0.2) is 5.78 Å². The van der Waals surface area contributed by atoms with Crippen LogP contribution < -0.4 is 0 Å². The minimum Gasteiger partial charge on any atom is -0.289 e. The van der Waals surface area contributed by atoms with E-state index in [4.69, 9.17) is 0 Å². The molecule has 0 heterocycles. The van der Waals surface area contributed by atoms with Gasteiger partial charge >= 0.3 is 0 Å². The van der Waals surface area contributed by atoms with E-state index in [0.29, 0.717) is 16.8 Å². The van der Waals surface area contributed by atoms with Crippen LogP contribution in [0.5, 0.6) is 0 Å². The lowest BCUT2D eigenvalue weighted by Crippen LogP contribution is -2.04. The highest BCUT2D eigenvalue weighted by Crippen LogP contribution is 2.22. The van der Waals surface area contributed by atoms with Crippen molar-refractivity contribution >= 4 is 5.78 Å². The van der Waals surface area contributed by atoms with E-state index in [9.17, 15) is 9.70 Å². The van der Waals surface area contributed by atoms with E-state index in [1.165, 1.54) is 6.42 Å². The molecule has 0 N–H and O–H groups in total. The molecule has 1 rings (SSSR count). The van der Waals surface area contributed by atoms with Crippen LogP contribution in [-0.2, 0) is 6.42 Å². The Morgan fingerprint density at radius 3 is 2.27 bits per heavy atom. The average Bonchev–Trinajstić information content (AvgIpc) is 2.64. The first-order valence-corrected chi connectivity index (χ1v) is 9.38. The Morgan fingerprint density at radius 2 is 1.81 bits per heavy atom. The summed E-state index contributed by atoms with van der Waals surface area (Å²) in [7, 11) is 0. The van der Waals surface area contributed by atoms with Crippen molar-refractivity contribution in [3.8, 4) is 0 Å². The fourth-order valence-electron chi connectivity index (χ4n) is 2.33. The molecule has 0 fully saturated rings. The normalized spacial score (nSPS) is 12.5. The van der Waals surface area contributed by atoms with E-state index < -0.39 is 0 Å². The maximum absolute atomic E-state index is 12.6. The van der Waals surface area contributed by atoms with Crippen molar-refractivity contribution in [3.63, 3.8) is 0 Å². The molecule has 0 saturated heterocycles. The molecule has 3 heteroatoms. The van der Waals surface area contributed by atoms with Gasteiger partial charge in [0.25, 0.3) is 0 Å². The summed E-state index contributed by atoms with van der Waals surface area (Å²) < 4.78 is 0. The summed E-state index contributed by atoms with van der Waals surface area (Å²) in [6.07, 6.45) is 7.37. The van der Waals surface area contributed by atoms with Crippen LogP contribution in [0.25, 0.3) is 0 Å². The predicted octanol–water partition coefficient (Wildman–Crippen LogP) is 7.05. The molecule has 142 valence electrons. The standard InChI is InChI=1S/C20H25NO2.C3H8/c1-6-9-19(21-23)18(14(3)4)12-15(5)20(22)17-11-8-10-16(7-2)13-17;1-3-2/h6,8-14H,7H2,1-5H3;3H2,1-2H3/b9-6-,15-12+,19-18-;. The highest BCUT2D eigenvalue weighted by molar-refractivity contribution is 6.08. The number of carbonyl (C=O) groups is 1. The highest BCUT2D eigenvalue weighted by atomic mass is 16.3. The number of allylic oxidation sites excluding steroid dienone is 5. The third-order valence-corrected chi connectivity index (χ3v) is 3.67. The van der Waals surface area contributed by atoms with Crippen molar-refractivity contribution in [2.24, 2.45) is 11.1 Å². The van der Waals surface area contributed by atoms with E-state index in [1.807, 2.05) is 45.0 Å². The van der Waals surface area contributed by atoms with Crippen molar-refractivity contribution in [3.05, 3.63) is 75.4 Å². The zero-order valence-corrected chi connectivity index (χ0v) is 17.3. The molecule has 1 aromatic rings. The van der Waals surface area contributed by atoms with Crippen LogP contribution in [0.3, 0.4) is 0 Å². The van der Waals surface area contributed by atoms with Gasteiger partial charge in [0.05, 0.1) is 0 Å². The van der Waals surface area contributed by atoms with Gasteiger partial charge in [0.1, 0.15) is 5.70 Å². The van der Waals surface area contributed by atoms with E-state index in [2.05, 4.69) is 25.9 Å². The molecule has 0 radical (unpaired) electrons. The van der Waals surface area contributed by atoms with Crippen molar-refractivity contribution in [1.82, 2.24) is 0 Å². The summed E-state index contributed by atoms with van der Waals surface area (Å²) in [5, 5.41) is 3.10. The summed E-state index contributed by atoms with van der Waals surface area (Å²) in [6, 6.07) is 7.65. The number of ketones is 1. The number of nitrogens with zero attached hydrogens (tertiary/aromatic N) is 1. The van der Waals surface area contributed by atoms with Crippen LogP contribution in [-0.4, -0.2) is 5.78 Å². The first-order valence-electron chi connectivity index (χ1n) is 9.38. The summed E-state index contributed by atoms with van der Waals surface area (Å²) >= 11 is 0. The Balaban J connectivity index is 0.00000194. The maximum Gasteiger partial charge on any atom is 0.188 e. The summed E-state index contributed by atoms with van der Waals surface area (Å²) in [5.74, 6) is 0.0767. The molecule has 1 aromatic carbocycles. The zero-order chi connectivity index (χ0) is 20.1. The van der Waals surface area contributed by atoms with Gasteiger partial charge in [-0.05, 0) is 66.3 Å². The van der Waals surface area contributed by atoms with Gasteiger partial charge in [-0.2, -0.15) is 0 Å². The Labute approximate surface area is 158 Å². The smallest absolute Gasteiger partial charge is 0.188 e. The summed E-state index contributed by atoms with van der Waals surface area (Å²) in [5.41, 5.74) is 3.56. The summed E-state index contributed by atoms with van der Waals surface area (Å²) in [6.45, 7) is 13.9. The van der Waals surface area contributed by atoms with E-state index in [1.54, 1.807) is 25.2 Å². The van der Waals surface area contributed by atoms with Gasteiger partial charge in [-0.15, -0.1) is 4.91 Å². The van der Waals surface area contributed by atoms with Gasteiger partial charge in [-0.1, -0.05) is 65.3 Å². The molecule has 0 atom stereocenters. The lowest BCUT2D eigenvalue weighted by atomic mass is 9.95. The predicted molar refractivity (Wildman–Crippen MR) is 112 cm³/mol. The molecule has 0 aliphatic heterocycles. The SMILES string of the molecule is CCC.C\C=C/C(N=O)=C(\C=C(/C)C(=O)c1cccc(CC)c1)C(C)C.